The Kier molecular flexibility index (Phi) is 6.10. The number of nitrogens with one attached hydrogen (secondary N) is 1. The van der Waals surface area contributed by atoms with Crippen LogP contribution >= 0.6 is 22.9 Å². The summed E-state index contributed by atoms with van der Waals surface area (Å²) in [6.45, 7) is 6.73. The number of thiazole rings is 1. The van der Waals surface area contributed by atoms with Crippen molar-refractivity contribution in [1.29, 1.82) is 0 Å². The first kappa shape index (κ1) is 18.4. The molecule has 1 amide bonds. The predicted octanol–water partition coefficient (Wildman–Crippen LogP) is 4.37. The number of hydrogen-bond acceptors (Lipinski definition) is 4. The van der Waals surface area contributed by atoms with Crippen molar-refractivity contribution in [3.8, 4) is 0 Å². The van der Waals surface area contributed by atoms with Gasteiger partial charge in [0.1, 0.15) is 0 Å². The second-order valence-corrected chi connectivity index (χ2v) is 8.42. The van der Waals surface area contributed by atoms with Crippen LogP contribution in [0.2, 0.25) is 5.02 Å². The highest BCUT2D eigenvalue weighted by Crippen LogP contribution is 2.24. The second kappa shape index (κ2) is 8.30. The monoisotopic (exact) mass is 377 g/mol. The van der Waals surface area contributed by atoms with E-state index in [0.29, 0.717) is 11.7 Å². The van der Waals surface area contributed by atoms with Gasteiger partial charge in [-0.2, -0.15) is 0 Å². The number of likely N-dealkylation sites (tertiary alicyclic amines) is 1. The van der Waals surface area contributed by atoms with Crippen LogP contribution in [-0.2, 0) is 11.2 Å². The van der Waals surface area contributed by atoms with Crippen LogP contribution in [0.15, 0.2) is 24.4 Å². The maximum Gasteiger partial charge on any atom is 0.240 e. The van der Waals surface area contributed by atoms with Gasteiger partial charge in [-0.25, -0.2) is 4.98 Å². The molecule has 1 aliphatic heterocycles. The van der Waals surface area contributed by atoms with Crippen LogP contribution in [0.3, 0.4) is 0 Å². The standard InChI is InChI=1S/C19H24ClN3OS/c1-13-5-7-23(8-6-13)12-18(24)22-19-21-11-16(25-19)9-15-4-3-14(2)17(20)10-15/h3-4,10-11,13H,5-9,12H2,1-2H3,(H,21,22,24). The summed E-state index contributed by atoms with van der Waals surface area (Å²) in [4.78, 5) is 19.9. The van der Waals surface area contributed by atoms with E-state index >= 15 is 0 Å². The highest BCUT2D eigenvalue weighted by atomic mass is 35.5. The Morgan fingerprint density at radius 1 is 1.40 bits per heavy atom. The SMILES string of the molecule is Cc1ccc(Cc2cnc(NC(=O)CN3CCC(C)CC3)s2)cc1Cl. The van der Waals surface area contributed by atoms with E-state index in [4.69, 9.17) is 11.6 Å². The highest BCUT2D eigenvalue weighted by Gasteiger charge is 2.18. The van der Waals surface area contributed by atoms with Gasteiger partial charge in [0.15, 0.2) is 5.13 Å². The molecular weight excluding hydrogens is 354 g/mol. The Morgan fingerprint density at radius 3 is 2.88 bits per heavy atom. The fraction of sp³-hybridized carbons (Fsp3) is 0.474. The Hall–Kier alpha value is -1.43. The first-order chi connectivity index (χ1) is 12.0. The molecule has 0 unspecified atom stereocenters. The van der Waals surface area contributed by atoms with Gasteiger partial charge in [-0.05, 0) is 56.0 Å². The first-order valence-electron chi connectivity index (χ1n) is 8.71. The maximum absolute atomic E-state index is 12.2. The molecule has 1 fully saturated rings. The average Bonchev–Trinajstić information content (AvgIpc) is 3.00. The molecule has 0 aliphatic carbocycles. The molecule has 2 heterocycles. The highest BCUT2D eigenvalue weighted by molar-refractivity contribution is 7.15. The number of halogens is 1. The topological polar surface area (TPSA) is 45.2 Å². The molecule has 0 saturated carbocycles. The van der Waals surface area contributed by atoms with Crippen LogP contribution in [0.5, 0.6) is 0 Å². The lowest BCUT2D eigenvalue weighted by Gasteiger charge is -2.29. The Bertz CT molecular complexity index is 738. The molecule has 1 saturated heterocycles. The zero-order valence-electron chi connectivity index (χ0n) is 14.7. The summed E-state index contributed by atoms with van der Waals surface area (Å²) in [6.07, 6.45) is 4.95. The summed E-state index contributed by atoms with van der Waals surface area (Å²) in [7, 11) is 0. The van der Waals surface area contributed by atoms with Gasteiger partial charge >= 0.3 is 0 Å². The number of amides is 1. The van der Waals surface area contributed by atoms with E-state index in [2.05, 4.69) is 28.2 Å². The van der Waals surface area contributed by atoms with Crippen molar-refractivity contribution in [2.75, 3.05) is 25.0 Å². The summed E-state index contributed by atoms with van der Waals surface area (Å²) < 4.78 is 0. The van der Waals surface area contributed by atoms with E-state index in [1.165, 1.54) is 24.2 Å². The molecule has 4 nitrogen and oxygen atoms in total. The Morgan fingerprint density at radius 2 is 2.16 bits per heavy atom. The Balaban J connectivity index is 1.52. The summed E-state index contributed by atoms with van der Waals surface area (Å²) >= 11 is 7.71. The van der Waals surface area contributed by atoms with Gasteiger partial charge in [-0.15, -0.1) is 11.3 Å². The van der Waals surface area contributed by atoms with Gasteiger partial charge in [0.05, 0.1) is 6.54 Å². The van der Waals surface area contributed by atoms with Crippen molar-refractivity contribution in [3.63, 3.8) is 0 Å². The van der Waals surface area contributed by atoms with Crippen molar-refractivity contribution < 1.29 is 4.79 Å². The summed E-state index contributed by atoms with van der Waals surface area (Å²) in [5.74, 6) is 0.796. The van der Waals surface area contributed by atoms with E-state index in [0.717, 1.165) is 46.5 Å². The van der Waals surface area contributed by atoms with Crippen molar-refractivity contribution in [2.45, 2.75) is 33.1 Å². The molecule has 0 radical (unpaired) electrons. The van der Waals surface area contributed by atoms with Gasteiger partial charge in [-0.3, -0.25) is 9.69 Å². The molecule has 0 spiro atoms. The minimum atomic E-state index is 0.0221. The maximum atomic E-state index is 12.2. The zero-order chi connectivity index (χ0) is 17.8. The Labute approximate surface area is 158 Å². The van der Waals surface area contributed by atoms with Crippen molar-refractivity contribution in [2.24, 2.45) is 5.92 Å². The van der Waals surface area contributed by atoms with E-state index in [1.807, 2.05) is 25.3 Å². The third-order valence-electron chi connectivity index (χ3n) is 4.66. The molecule has 6 heteroatoms. The number of carbonyl (C=O) groups excluding carboxylic acids is 1. The van der Waals surface area contributed by atoms with E-state index < -0.39 is 0 Å². The van der Waals surface area contributed by atoms with Crippen molar-refractivity contribution >= 4 is 34.0 Å². The molecule has 0 bridgehead atoms. The van der Waals surface area contributed by atoms with Gasteiger partial charge in [0.25, 0.3) is 0 Å². The number of piperidine rings is 1. The summed E-state index contributed by atoms with van der Waals surface area (Å²) in [6, 6.07) is 6.10. The lowest BCUT2D eigenvalue weighted by atomic mass is 9.99. The number of carbonyl (C=O) groups is 1. The van der Waals surface area contributed by atoms with Crippen LogP contribution in [0.4, 0.5) is 5.13 Å². The van der Waals surface area contributed by atoms with Crippen LogP contribution in [-0.4, -0.2) is 35.4 Å². The third kappa shape index (κ3) is 5.27. The van der Waals surface area contributed by atoms with Gasteiger partial charge in [-0.1, -0.05) is 30.7 Å². The molecule has 1 aromatic carbocycles. The fourth-order valence-corrected chi connectivity index (χ4v) is 4.04. The van der Waals surface area contributed by atoms with Crippen molar-refractivity contribution in [1.82, 2.24) is 9.88 Å². The molecule has 2 aromatic rings. The largest absolute Gasteiger partial charge is 0.301 e. The van der Waals surface area contributed by atoms with E-state index in [1.54, 1.807) is 0 Å². The second-order valence-electron chi connectivity index (χ2n) is 6.90. The number of anilines is 1. The minimum absolute atomic E-state index is 0.0221. The molecule has 1 N–H and O–H groups in total. The zero-order valence-corrected chi connectivity index (χ0v) is 16.3. The van der Waals surface area contributed by atoms with Gasteiger partial charge < -0.3 is 5.32 Å². The first-order valence-corrected chi connectivity index (χ1v) is 9.91. The molecule has 25 heavy (non-hydrogen) atoms. The van der Waals surface area contributed by atoms with E-state index in [-0.39, 0.29) is 5.91 Å². The number of hydrogen-bond donors (Lipinski definition) is 1. The van der Waals surface area contributed by atoms with Crippen LogP contribution in [0, 0.1) is 12.8 Å². The van der Waals surface area contributed by atoms with Gasteiger partial charge in [0, 0.05) is 22.5 Å². The number of aryl methyl sites for hydroxylation is 1. The minimum Gasteiger partial charge on any atom is -0.301 e. The normalized spacial score (nSPS) is 16.1. The lowest BCUT2D eigenvalue weighted by molar-refractivity contribution is -0.117. The van der Waals surface area contributed by atoms with Gasteiger partial charge in [0.2, 0.25) is 5.91 Å². The number of rotatable bonds is 5. The quantitative estimate of drug-likeness (QED) is 0.841. The lowest BCUT2D eigenvalue weighted by Crippen LogP contribution is -2.38. The summed E-state index contributed by atoms with van der Waals surface area (Å²) in [5, 5.41) is 4.38. The molecule has 1 aliphatic rings. The molecule has 3 rings (SSSR count). The predicted molar refractivity (Wildman–Crippen MR) is 105 cm³/mol. The molecule has 0 atom stereocenters. The molecule has 1 aromatic heterocycles. The summed E-state index contributed by atoms with van der Waals surface area (Å²) in [5.41, 5.74) is 2.23. The third-order valence-corrected chi connectivity index (χ3v) is 5.98. The van der Waals surface area contributed by atoms with E-state index in [9.17, 15) is 4.79 Å². The fourth-order valence-electron chi connectivity index (χ4n) is 2.98. The van der Waals surface area contributed by atoms with Crippen LogP contribution in [0.1, 0.15) is 35.8 Å². The van der Waals surface area contributed by atoms with Crippen molar-refractivity contribution in [3.05, 3.63) is 45.4 Å². The average molecular weight is 378 g/mol. The molecular formula is C19H24ClN3OS. The number of nitrogens with zero attached hydrogens (tertiary/aromatic N) is 2. The van der Waals surface area contributed by atoms with Crippen LogP contribution < -0.4 is 5.32 Å². The number of benzene rings is 1. The number of aromatic nitrogens is 1. The molecule has 134 valence electrons. The van der Waals surface area contributed by atoms with Crippen LogP contribution in [0.25, 0.3) is 0 Å². The smallest absolute Gasteiger partial charge is 0.240 e.